The highest BCUT2D eigenvalue weighted by molar-refractivity contribution is 5.69. The van der Waals surface area contributed by atoms with Crippen LogP contribution < -0.4 is 5.32 Å². The average Bonchev–Trinajstić information content (AvgIpc) is 2.82. The molecule has 1 heterocycles. The van der Waals surface area contributed by atoms with E-state index >= 15 is 0 Å². The van der Waals surface area contributed by atoms with E-state index in [1.165, 1.54) is 45.5 Å². The number of benzene rings is 2. The molecule has 1 N–H and O–H groups in total. The third-order valence-corrected chi connectivity index (χ3v) is 6.82. The molecule has 0 saturated carbocycles. The van der Waals surface area contributed by atoms with Crippen LogP contribution in [0.2, 0.25) is 0 Å². The summed E-state index contributed by atoms with van der Waals surface area (Å²) in [6.45, 7) is 16.5. The summed E-state index contributed by atoms with van der Waals surface area (Å²) in [7, 11) is 0. The van der Waals surface area contributed by atoms with Crippen LogP contribution in [0.3, 0.4) is 0 Å². The molecular weight excluding hydrogens is 374 g/mol. The number of allylic oxidation sites excluding steroid dienone is 4. The predicted molar refractivity (Wildman–Crippen MR) is 138 cm³/mol. The number of anilines is 1. The van der Waals surface area contributed by atoms with Crippen molar-refractivity contribution in [1.82, 2.24) is 0 Å². The number of hydrogen-bond acceptors (Lipinski definition) is 1. The molecule has 164 valence electrons. The average molecular weight is 414 g/mol. The van der Waals surface area contributed by atoms with Crippen molar-refractivity contribution in [1.29, 1.82) is 0 Å². The molecule has 3 rings (SSSR count). The quantitative estimate of drug-likeness (QED) is 0.429. The monoisotopic (exact) mass is 413 g/mol. The molecule has 31 heavy (non-hydrogen) atoms. The van der Waals surface area contributed by atoms with E-state index in [0.717, 1.165) is 45.1 Å². The molecule has 1 unspecified atom stereocenters. The molecule has 1 atom stereocenters. The normalized spacial score (nSPS) is 19.0. The van der Waals surface area contributed by atoms with E-state index in [9.17, 15) is 0 Å². The summed E-state index contributed by atoms with van der Waals surface area (Å²) in [5.41, 5.74) is 9.41. The van der Waals surface area contributed by atoms with Gasteiger partial charge in [-0.25, -0.2) is 0 Å². The van der Waals surface area contributed by atoms with Crippen LogP contribution in [0.1, 0.15) is 68.2 Å². The van der Waals surface area contributed by atoms with E-state index in [4.69, 9.17) is 0 Å². The number of nitrogens with one attached hydrogen (secondary N) is 1. The third-order valence-electron chi connectivity index (χ3n) is 6.82. The van der Waals surface area contributed by atoms with Crippen molar-refractivity contribution in [2.45, 2.75) is 65.7 Å². The van der Waals surface area contributed by atoms with Crippen molar-refractivity contribution in [3.8, 4) is 0 Å². The Hall–Kier alpha value is -2.54. The number of rotatable bonds is 8. The zero-order chi connectivity index (χ0) is 22.3. The lowest BCUT2D eigenvalue weighted by atomic mass is 9.71. The minimum absolute atomic E-state index is 0.0670. The van der Waals surface area contributed by atoms with Crippen LogP contribution in [-0.4, -0.2) is 6.54 Å². The van der Waals surface area contributed by atoms with Gasteiger partial charge in [-0.2, -0.15) is 0 Å². The second-order valence-electron chi connectivity index (χ2n) is 9.36. The lowest BCUT2D eigenvalue weighted by Crippen LogP contribution is -2.22. The first-order valence-electron chi connectivity index (χ1n) is 11.9. The summed E-state index contributed by atoms with van der Waals surface area (Å²) in [4.78, 5) is 0. The van der Waals surface area contributed by atoms with Gasteiger partial charge in [0, 0.05) is 12.2 Å². The molecule has 0 aromatic heterocycles. The van der Waals surface area contributed by atoms with Crippen LogP contribution >= 0.6 is 0 Å². The van der Waals surface area contributed by atoms with Crippen molar-refractivity contribution in [2.75, 3.05) is 11.9 Å². The smallest absolute Gasteiger partial charge is 0.0342 e. The van der Waals surface area contributed by atoms with Gasteiger partial charge >= 0.3 is 0 Å². The second kappa shape index (κ2) is 10.7. The lowest BCUT2D eigenvalue weighted by Gasteiger charge is -2.32. The highest BCUT2D eigenvalue weighted by Crippen LogP contribution is 2.42. The zero-order valence-corrected chi connectivity index (χ0v) is 19.8. The Morgan fingerprint density at radius 1 is 1.19 bits per heavy atom. The van der Waals surface area contributed by atoms with Crippen LogP contribution in [0.4, 0.5) is 5.69 Å². The Labute approximate surface area is 190 Å². The van der Waals surface area contributed by atoms with Crippen LogP contribution in [-0.2, 0) is 12.8 Å². The first-order chi connectivity index (χ1) is 14.9. The molecule has 2 bridgehead atoms. The van der Waals surface area contributed by atoms with Gasteiger partial charge in [-0.3, -0.25) is 0 Å². The van der Waals surface area contributed by atoms with E-state index in [0.29, 0.717) is 0 Å². The van der Waals surface area contributed by atoms with E-state index in [2.05, 4.69) is 87.8 Å². The van der Waals surface area contributed by atoms with Gasteiger partial charge in [0.15, 0.2) is 0 Å². The summed E-state index contributed by atoms with van der Waals surface area (Å²) in [5.74, 6) is 0. The zero-order valence-electron chi connectivity index (χ0n) is 19.8. The SMILES string of the molecule is C=C/C(=C\CCC)CCc1ccc(C(=C)C2(C)CCCNc3cccc(c3)C2)cc1C. The van der Waals surface area contributed by atoms with Crippen LogP contribution in [0.5, 0.6) is 0 Å². The van der Waals surface area contributed by atoms with Crippen molar-refractivity contribution in [3.63, 3.8) is 0 Å². The predicted octanol–water partition coefficient (Wildman–Crippen LogP) is 8.31. The molecule has 2 aromatic rings. The molecule has 0 spiro atoms. The molecule has 0 saturated heterocycles. The topological polar surface area (TPSA) is 12.0 Å². The van der Waals surface area contributed by atoms with Crippen molar-refractivity contribution in [2.24, 2.45) is 5.41 Å². The van der Waals surface area contributed by atoms with Gasteiger partial charge in [0.2, 0.25) is 0 Å². The molecule has 2 aromatic carbocycles. The highest BCUT2D eigenvalue weighted by Gasteiger charge is 2.29. The summed E-state index contributed by atoms with van der Waals surface area (Å²) in [5, 5.41) is 3.56. The standard InChI is InChI=1S/C30H39N/c1-6-8-11-25(7-2)14-15-27-16-17-28(20-23(27)3)24(4)30(5)18-10-19-31-29-13-9-12-26(21-29)22-30/h7,9,11-13,16-17,20-21,31H,2,4,6,8,10,14-15,18-19,22H2,1,3,5H3/b25-11+. The van der Waals surface area contributed by atoms with Gasteiger partial charge < -0.3 is 5.32 Å². The van der Waals surface area contributed by atoms with Gasteiger partial charge in [-0.15, -0.1) is 0 Å². The Balaban J connectivity index is 1.77. The van der Waals surface area contributed by atoms with Crippen molar-refractivity contribution in [3.05, 3.63) is 95.6 Å². The molecule has 0 aliphatic carbocycles. The van der Waals surface area contributed by atoms with Crippen LogP contribution in [0.25, 0.3) is 5.57 Å². The van der Waals surface area contributed by atoms with E-state index in [-0.39, 0.29) is 5.41 Å². The lowest BCUT2D eigenvalue weighted by molar-refractivity contribution is 0.400. The number of fused-ring (bicyclic) bond motifs is 2. The Bertz CT molecular complexity index is 949. The summed E-state index contributed by atoms with van der Waals surface area (Å²) in [6.07, 6.45) is 12.1. The van der Waals surface area contributed by atoms with E-state index in [1.807, 2.05) is 6.08 Å². The number of unbranched alkanes of at least 4 members (excludes halogenated alkanes) is 1. The maximum atomic E-state index is 4.61. The number of aryl methyl sites for hydroxylation is 2. The fourth-order valence-corrected chi connectivity index (χ4v) is 4.71. The third kappa shape index (κ3) is 6.00. The summed E-state index contributed by atoms with van der Waals surface area (Å²) >= 11 is 0. The molecular formula is C30H39N. The minimum Gasteiger partial charge on any atom is -0.385 e. The van der Waals surface area contributed by atoms with Gasteiger partial charge in [0.25, 0.3) is 0 Å². The molecule has 1 aliphatic heterocycles. The fraction of sp³-hybridized carbons (Fsp3) is 0.400. The van der Waals surface area contributed by atoms with Crippen molar-refractivity contribution >= 4 is 11.3 Å². The Morgan fingerprint density at radius 3 is 2.77 bits per heavy atom. The maximum Gasteiger partial charge on any atom is 0.0342 e. The van der Waals surface area contributed by atoms with Gasteiger partial charge in [-0.1, -0.05) is 81.5 Å². The molecule has 0 fully saturated rings. The summed E-state index contributed by atoms with van der Waals surface area (Å²) in [6, 6.07) is 15.8. The summed E-state index contributed by atoms with van der Waals surface area (Å²) < 4.78 is 0. The molecule has 0 radical (unpaired) electrons. The molecule has 1 heteroatoms. The van der Waals surface area contributed by atoms with Crippen LogP contribution in [0, 0.1) is 12.3 Å². The minimum atomic E-state index is 0.0670. The first-order valence-corrected chi connectivity index (χ1v) is 11.9. The highest BCUT2D eigenvalue weighted by atomic mass is 14.9. The van der Waals surface area contributed by atoms with Crippen LogP contribution in [0.15, 0.2) is 73.3 Å². The van der Waals surface area contributed by atoms with Gasteiger partial charge in [0.1, 0.15) is 0 Å². The molecule has 0 amide bonds. The molecule has 1 nitrogen and oxygen atoms in total. The van der Waals surface area contributed by atoms with E-state index in [1.54, 1.807) is 0 Å². The van der Waals surface area contributed by atoms with Gasteiger partial charge in [0.05, 0.1) is 0 Å². The van der Waals surface area contributed by atoms with Gasteiger partial charge in [-0.05, 0) is 90.8 Å². The number of hydrogen-bond donors (Lipinski definition) is 1. The molecule has 1 aliphatic rings. The first kappa shape index (κ1) is 23.1. The van der Waals surface area contributed by atoms with Crippen molar-refractivity contribution < 1.29 is 0 Å². The fourth-order valence-electron chi connectivity index (χ4n) is 4.71. The largest absolute Gasteiger partial charge is 0.385 e. The van der Waals surface area contributed by atoms with E-state index < -0.39 is 0 Å². The Kier molecular flexibility index (Phi) is 7.96. The maximum absolute atomic E-state index is 4.61. The Morgan fingerprint density at radius 2 is 2.03 bits per heavy atom. The second-order valence-corrected chi connectivity index (χ2v) is 9.36.